The first-order valence-corrected chi connectivity index (χ1v) is 7.92. The quantitative estimate of drug-likeness (QED) is 0.905. The van der Waals surface area contributed by atoms with E-state index in [0.29, 0.717) is 19.5 Å². The zero-order chi connectivity index (χ0) is 14.1. The first-order chi connectivity index (χ1) is 9.66. The summed E-state index contributed by atoms with van der Waals surface area (Å²) < 4.78 is 0. The maximum Gasteiger partial charge on any atom is 0.308 e. The Morgan fingerprint density at radius 1 is 1.30 bits per heavy atom. The number of aliphatic carboxylic acids is 1. The highest BCUT2D eigenvalue weighted by Crippen LogP contribution is 2.38. The molecule has 1 fully saturated rings. The lowest BCUT2D eigenvalue weighted by atomic mass is 10.0. The molecule has 0 aliphatic carbocycles. The molecule has 1 aromatic rings. The predicted molar refractivity (Wildman–Crippen MR) is 77.7 cm³/mol. The number of carbonyl (C=O) groups excluding carboxylic acids is 1. The Labute approximate surface area is 122 Å². The number of aryl methyl sites for hydroxylation is 1. The average Bonchev–Trinajstić information content (AvgIpc) is 2.96. The van der Waals surface area contributed by atoms with E-state index in [-0.39, 0.29) is 11.2 Å². The summed E-state index contributed by atoms with van der Waals surface area (Å²) in [5.74, 6) is -0.172. The molecule has 2 unspecified atom stereocenters. The van der Waals surface area contributed by atoms with Gasteiger partial charge < -0.3 is 10.0 Å². The molecule has 2 heterocycles. The van der Waals surface area contributed by atoms with Crippen LogP contribution in [-0.2, 0) is 16.0 Å². The Morgan fingerprint density at radius 2 is 2.10 bits per heavy atom. The van der Waals surface area contributed by atoms with E-state index in [4.69, 9.17) is 5.11 Å². The van der Waals surface area contributed by atoms with Crippen LogP contribution in [0, 0.1) is 5.92 Å². The molecule has 2 aliphatic heterocycles. The summed E-state index contributed by atoms with van der Waals surface area (Å²) in [5.41, 5.74) is 2.35. The maximum atomic E-state index is 12.6. The summed E-state index contributed by atoms with van der Waals surface area (Å²) in [6.07, 6.45) is 1.57. The van der Waals surface area contributed by atoms with Gasteiger partial charge in [0.15, 0.2) is 0 Å². The normalized spacial score (nSPS) is 25.3. The monoisotopic (exact) mass is 291 g/mol. The summed E-state index contributed by atoms with van der Waals surface area (Å²) in [6, 6.07) is 8.08. The second-order valence-corrected chi connectivity index (χ2v) is 6.52. The highest BCUT2D eigenvalue weighted by molar-refractivity contribution is 8.00. The van der Waals surface area contributed by atoms with Gasteiger partial charge in [0.25, 0.3) is 0 Å². The van der Waals surface area contributed by atoms with Crippen molar-refractivity contribution in [2.75, 3.05) is 18.8 Å². The van der Waals surface area contributed by atoms with Crippen LogP contribution in [0.1, 0.15) is 22.8 Å². The molecule has 0 radical (unpaired) electrons. The number of likely N-dealkylation sites (tertiary alicyclic amines) is 1. The summed E-state index contributed by atoms with van der Waals surface area (Å²) in [5, 5.41) is 8.88. The second-order valence-electron chi connectivity index (χ2n) is 5.31. The average molecular weight is 291 g/mol. The molecule has 0 aromatic heterocycles. The van der Waals surface area contributed by atoms with E-state index in [9.17, 15) is 9.59 Å². The SMILES string of the molecule is O=C(O)C1CCN(C(=O)C2SCCc3ccccc32)C1. The number of carboxylic acid groups (broad SMARTS) is 1. The Bertz CT molecular complexity index is 546. The van der Waals surface area contributed by atoms with Gasteiger partial charge in [0, 0.05) is 13.1 Å². The van der Waals surface area contributed by atoms with E-state index in [1.807, 2.05) is 18.2 Å². The molecule has 1 saturated heterocycles. The van der Waals surface area contributed by atoms with Gasteiger partial charge in [-0.1, -0.05) is 24.3 Å². The van der Waals surface area contributed by atoms with Gasteiger partial charge in [-0.15, -0.1) is 11.8 Å². The molecule has 1 N–H and O–H groups in total. The van der Waals surface area contributed by atoms with E-state index in [1.54, 1.807) is 16.7 Å². The Hall–Kier alpha value is -1.49. The Morgan fingerprint density at radius 3 is 2.85 bits per heavy atom. The minimum Gasteiger partial charge on any atom is -0.481 e. The third-order valence-corrected chi connectivity index (χ3v) is 5.30. The van der Waals surface area contributed by atoms with Crippen LogP contribution in [0.3, 0.4) is 0 Å². The van der Waals surface area contributed by atoms with Crippen LogP contribution in [0.4, 0.5) is 0 Å². The number of hydrogen-bond donors (Lipinski definition) is 1. The van der Waals surface area contributed by atoms with E-state index >= 15 is 0 Å². The molecule has 20 heavy (non-hydrogen) atoms. The summed E-state index contributed by atoms with van der Waals surface area (Å²) >= 11 is 1.67. The minimum absolute atomic E-state index is 0.0749. The van der Waals surface area contributed by atoms with Crippen molar-refractivity contribution in [2.24, 2.45) is 5.92 Å². The van der Waals surface area contributed by atoms with Gasteiger partial charge in [-0.25, -0.2) is 0 Å². The third-order valence-electron chi connectivity index (χ3n) is 4.07. The molecule has 0 saturated carbocycles. The van der Waals surface area contributed by atoms with Gasteiger partial charge in [-0.3, -0.25) is 9.59 Å². The van der Waals surface area contributed by atoms with Crippen molar-refractivity contribution in [2.45, 2.75) is 18.1 Å². The molecule has 0 spiro atoms. The van der Waals surface area contributed by atoms with Gasteiger partial charge in [0.05, 0.1) is 5.92 Å². The van der Waals surface area contributed by atoms with Crippen LogP contribution in [0.2, 0.25) is 0 Å². The summed E-state index contributed by atoms with van der Waals surface area (Å²) in [6.45, 7) is 0.919. The number of nitrogens with zero attached hydrogens (tertiary/aromatic N) is 1. The third kappa shape index (κ3) is 2.42. The molecule has 4 nitrogen and oxygen atoms in total. The van der Waals surface area contributed by atoms with Crippen molar-refractivity contribution in [1.29, 1.82) is 0 Å². The van der Waals surface area contributed by atoms with Crippen molar-refractivity contribution < 1.29 is 14.7 Å². The molecule has 5 heteroatoms. The van der Waals surface area contributed by atoms with Crippen LogP contribution < -0.4 is 0 Å². The van der Waals surface area contributed by atoms with Gasteiger partial charge in [-0.2, -0.15) is 0 Å². The van der Waals surface area contributed by atoms with Crippen molar-refractivity contribution in [3.8, 4) is 0 Å². The van der Waals surface area contributed by atoms with Gasteiger partial charge in [-0.05, 0) is 29.7 Å². The molecule has 2 atom stereocenters. The largest absolute Gasteiger partial charge is 0.481 e. The lowest BCUT2D eigenvalue weighted by molar-refractivity contribution is -0.141. The standard InChI is InChI=1S/C15H17NO3S/c17-14(16-7-5-11(9-16)15(18)19)13-12-4-2-1-3-10(12)6-8-20-13/h1-4,11,13H,5-9H2,(H,18,19). The molecule has 1 amide bonds. The molecule has 0 bridgehead atoms. The van der Waals surface area contributed by atoms with E-state index in [2.05, 4.69) is 6.07 Å². The van der Waals surface area contributed by atoms with E-state index < -0.39 is 11.9 Å². The first kappa shape index (κ1) is 13.5. The molecular weight excluding hydrogens is 274 g/mol. The van der Waals surface area contributed by atoms with Crippen LogP contribution in [0.5, 0.6) is 0 Å². The second kappa shape index (κ2) is 5.48. The van der Waals surface area contributed by atoms with Crippen LogP contribution >= 0.6 is 11.8 Å². The fourth-order valence-electron chi connectivity index (χ4n) is 2.93. The predicted octanol–water partition coefficient (Wildman–Crippen LogP) is 1.95. The highest BCUT2D eigenvalue weighted by atomic mass is 32.2. The van der Waals surface area contributed by atoms with Crippen LogP contribution in [0.25, 0.3) is 0 Å². The zero-order valence-electron chi connectivity index (χ0n) is 11.1. The van der Waals surface area contributed by atoms with Gasteiger partial charge >= 0.3 is 5.97 Å². The number of hydrogen-bond acceptors (Lipinski definition) is 3. The minimum atomic E-state index is -0.794. The first-order valence-electron chi connectivity index (χ1n) is 6.88. The van der Waals surface area contributed by atoms with Gasteiger partial charge in [0.1, 0.15) is 5.25 Å². The Balaban J connectivity index is 1.78. The van der Waals surface area contributed by atoms with Crippen molar-refractivity contribution in [3.63, 3.8) is 0 Å². The molecular formula is C15H17NO3S. The lowest BCUT2D eigenvalue weighted by Crippen LogP contribution is -2.34. The fourth-order valence-corrected chi connectivity index (χ4v) is 4.20. The van der Waals surface area contributed by atoms with Crippen LogP contribution in [0.15, 0.2) is 24.3 Å². The molecule has 106 valence electrons. The summed E-state index contributed by atoms with van der Waals surface area (Å²) in [7, 11) is 0. The summed E-state index contributed by atoms with van der Waals surface area (Å²) in [4.78, 5) is 25.4. The van der Waals surface area contributed by atoms with Crippen molar-refractivity contribution >= 4 is 23.6 Å². The van der Waals surface area contributed by atoms with Crippen molar-refractivity contribution in [3.05, 3.63) is 35.4 Å². The topological polar surface area (TPSA) is 57.6 Å². The van der Waals surface area contributed by atoms with Crippen molar-refractivity contribution in [1.82, 2.24) is 4.90 Å². The molecule has 1 aromatic carbocycles. The van der Waals surface area contributed by atoms with Gasteiger partial charge in [0.2, 0.25) is 5.91 Å². The number of amides is 1. The van der Waals surface area contributed by atoms with Crippen LogP contribution in [-0.4, -0.2) is 40.7 Å². The maximum absolute atomic E-state index is 12.6. The zero-order valence-corrected chi connectivity index (χ0v) is 11.9. The molecule has 2 aliphatic rings. The smallest absolute Gasteiger partial charge is 0.308 e. The van der Waals surface area contributed by atoms with E-state index in [0.717, 1.165) is 17.7 Å². The number of carbonyl (C=O) groups is 2. The number of thioether (sulfide) groups is 1. The number of fused-ring (bicyclic) bond motifs is 1. The number of rotatable bonds is 2. The molecule has 3 rings (SSSR count). The highest BCUT2D eigenvalue weighted by Gasteiger charge is 2.36. The van der Waals surface area contributed by atoms with E-state index in [1.165, 1.54) is 5.56 Å². The number of benzene rings is 1. The fraction of sp³-hybridized carbons (Fsp3) is 0.467. The number of carboxylic acids is 1. The Kier molecular flexibility index (Phi) is 3.70. The lowest BCUT2D eigenvalue weighted by Gasteiger charge is -2.28.